The fraction of sp³-hybridized carbons (Fsp3) is 0.182. The van der Waals surface area contributed by atoms with Crippen LogP contribution in [0.4, 0.5) is 11.5 Å². The lowest BCUT2D eigenvalue weighted by Gasteiger charge is -2.11. The smallest absolute Gasteiger partial charge is 0.294 e. The number of benzene rings is 2. The summed E-state index contributed by atoms with van der Waals surface area (Å²) < 4.78 is 11.6. The van der Waals surface area contributed by atoms with Gasteiger partial charge in [-0.2, -0.15) is 9.78 Å². The maximum absolute atomic E-state index is 13.0. The lowest BCUT2D eigenvalue weighted by atomic mass is 10.1. The van der Waals surface area contributed by atoms with Crippen molar-refractivity contribution in [2.45, 2.75) is 6.92 Å². The van der Waals surface area contributed by atoms with Crippen molar-refractivity contribution in [1.29, 1.82) is 0 Å². The van der Waals surface area contributed by atoms with Gasteiger partial charge in [-0.25, -0.2) is 10.1 Å². The van der Waals surface area contributed by atoms with Crippen molar-refractivity contribution in [2.24, 2.45) is 5.10 Å². The zero-order valence-corrected chi connectivity index (χ0v) is 18.8. The summed E-state index contributed by atoms with van der Waals surface area (Å²) in [5.41, 5.74) is 11.2. The van der Waals surface area contributed by atoms with Crippen molar-refractivity contribution >= 4 is 23.6 Å². The van der Waals surface area contributed by atoms with Gasteiger partial charge in [0.1, 0.15) is 11.4 Å². The number of carbonyl (C=O) groups is 1. The summed E-state index contributed by atoms with van der Waals surface area (Å²) in [4.78, 5) is 15.0. The van der Waals surface area contributed by atoms with Crippen molar-refractivity contribution in [3.8, 4) is 22.8 Å². The number of anilines is 2. The number of aromatic nitrogens is 5. The lowest BCUT2D eigenvalue weighted by molar-refractivity contribution is 0.0950. The Labute approximate surface area is 195 Å². The second-order valence-electron chi connectivity index (χ2n) is 7.32. The summed E-state index contributed by atoms with van der Waals surface area (Å²) >= 11 is 0. The molecular formula is C22H23N9O3. The standard InChI is InChI=1S/C22H23N9O3/c1-4-33-17-7-5-6-15(12-17)19-18(25-29-31(19)21-20(23)27-34-28-21)22(32)26-24-13-14-8-10-16(11-9-14)30(2)3/h5-13H,4H2,1-3H3,(H2,23,27)(H,26,32). The molecule has 4 rings (SSSR count). The Hall–Kier alpha value is -4.74. The molecule has 2 aromatic carbocycles. The van der Waals surface area contributed by atoms with E-state index in [-0.39, 0.29) is 17.3 Å². The van der Waals surface area contributed by atoms with Gasteiger partial charge >= 0.3 is 0 Å². The Morgan fingerprint density at radius 3 is 2.71 bits per heavy atom. The molecule has 0 saturated heterocycles. The lowest BCUT2D eigenvalue weighted by Crippen LogP contribution is -2.19. The molecule has 0 fully saturated rings. The zero-order valence-electron chi connectivity index (χ0n) is 18.8. The highest BCUT2D eigenvalue weighted by Gasteiger charge is 2.25. The van der Waals surface area contributed by atoms with E-state index < -0.39 is 5.91 Å². The van der Waals surface area contributed by atoms with Crippen molar-refractivity contribution in [3.05, 3.63) is 59.8 Å². The van der Waals surface area contributed by atoms with E-state index in [0.29, 0.717) is 23.6 Å². The van der Waals surface area contributed by atoms with Gasteiger partial charge in [-0.3, -0.25) is 4.79 Å². The first kappa shape index (κ1) is 22.5. The van der Waals surface area contributed by atoms with Crippen LogP contribution < -0.4 is 20.8 Å². The summed E-state index contributed by atoms with van der Waals surface area (Å²) in [6.07, 6.45) is 1.54. The van der Waals surface area contributed by atoms with Crippen LogP contribution in [0, 0.1) is 0 Å². The van der Waals surface area contributed by atoms with Crippen LogP contribution in [0.3, 0.4) is 0 Å². The molecule has 0 atom stereocenters. The number of nitrogens with two attached hydrogens (primary N) is 1. The SMILES string of the molecule is CCOc1cccc(-c2c(C(=O)NN=Cc3ccc(N(C)C)cc3)nnn2-c2nonc2N)c1. The van der Waals surface area contributed by atoms with Gasteiger partial charge in [0.15, 0.2) is 5.69 Å². The molecule has 2 heterocycles. The Balaban J connectivity index is 1.65. The normalized spacial score (nSPS) is 11.0. The minimum atomic E-state index is -0.570. The van der Waals surface area contributed by atoms with Gasteiger partial charge in [0.25, 0.3) is 5.91 Å². The zero-order chi connectivity index (χ0) is 24.1. The number of rotatable bonds is 8. The van der Waals surface area contributed by atoms with Crippen LogP contribution in [0.1, 0.15) is 23.0 Å². The van der Waals surface area contributed by atoms with E-state index in [1.807, 2.05) is 50.2 Å². The summed E-state index contributed by atoms with van der Waals surface area (Å²) in [6, 6.07) is 14.8. The third-order valence-electron chi connectivity index (χ3n) is 4.79. The molecule has 4 aromatic rings. The number of ether oxygens (including phenoxy) is 1. The average Bonchev–Trinajstić information content (AvgIpc) is 3.45. The maximum atomic E-state index is 13.0. The van der Waals surface area contributed by atoms with Crippen LogP contribution >= 0.6 is 0 Å². The molecule has 0 aliphatic rings. The van der Waals surface area contributed by atoms with E-state index in [1.54, 1.807) is 24.3 Å². The fourth-order valence-corrected chi connectivity index (χ4v) is 3.16. The molecule has 1 amide bonds. The average molecular weight is 461 g/mol. The molecule has 2 aromatic heterocycles. The molecule has 174 valence electrons. The largest absolute Gasteiger partial charge is 0.494 e. The van der Waals surface area contributed by atoms with Gasteiger partial charge < -0.3 is 15.4 Å². The van der Waals surface area contributed by atoms with E-state index in [4.69, 9.17) is 15.1 Å². The summed E-state index contributed by atoms with van der Waals surface area (Å²) in [6.45, 7) is 2.36. The quantitative estimate of drug-likeness (QED) is 0.297. The molecule has 34 heavy (non-hydrogen) atoms. The number of nitrogens with one attached hydrogen (secondary N) is 1. The first-order valence-corrected chi connectivity index (χ1v) is 10.4. The van der Waals surface area contributed by atoms with E-state index >= 15 is 0 Å². The van der Waals surface area contributed by atoms with Gasteiger partial charge in [-0.15, -0.1) is 5.10 Å². The molecular weight excluding hydrogens is 438 g/mol. The highest BCUT2D eigenvalue weighted by molar-refractivity contribution is 5.99. The number of hydrogen-bond acceptors (Lipinski definition) is 10. The van der Waals surface area contributed by atoms with Gasteiger partial charge in [0.2, 0.25) is 11.6 Å². The van der Waals surface area contributed by atoms with E-state index in [1.165, 1.54) is 10.9 Å². The highest BCUT2D eigenvalue weighted by Crippen LogP contribution is 2.29. The molecule has 0 bridgehead atoms. The number of carbonyl (C=O) groups excluding carboxylic acids is 1. The van der Waals surface area contributed by atoms with Crippen LogP contribution in [-0.2, 0) is 0 Å². The summed E-state index contributed by atoms with van der Waals surface area (Å²) in [5, 5.41) is 19.5. The van der Waals surface area contributed by atoms with Crippen molar-refractivity contribution < 1.29 is 14.2 Å². The molecule has 0 unspecified atom stereocenters. The molecule has 0 radical (unpaired) electrons. The van der Waals surface area contributed by atoms with Crippen LogP contribution in [0.25, 0.3) is 17.1 Å². The fourth-order valence-electron chi connectivity index (χ4n) is 3.16. The Bertz CT molecular complexity index is 1310. The molecule has 0 aliphatic carbocycles. The maximum Gasteiger partial charge on any atom is 0.294 e. The topological polar surface area (TPSA) is 150 Å². The summed E-state index contributed by atoms with van der Waals surface area (Å²) in [7, 11) is 3.92. The molecule has 0 saturated carbocycles. The van der Waals surface area contributed by atoms with Gasteiger partial charge in [-0.05, 0) is 47.1 Å². The molecule has 0 aliphatic heterocycles. The van der Waals surface area contributed by atoms with Crippen molar-refractivity contribution in [3.63, 3.8) is 0 Å². The minimum Gasteiger partial charge on any atom is -0.494 e. The second-order valence-corrected chi connectivity index (χ2v) is 7.32. The minimum absolute atomic E-state index is 0.00161. The number of nitrogens with zero attached hydrogens (tertiary/aromatic N) is 7. The first-order chi connectivity index (χ1) is 16.5. The summed E-state index contributed by atoms with van der Waals surface area (Å²) in [5.74, 6) is 0.148. The third-order valence-corrected chi connectivity index (χ3v) is 4.79. The number of nitrogen functional groups attached to an aromatic ring is 1. The molecule has 12 nitrogen and oxygen atoms in total. The van der Waals surface area contributed by atoms with Crippen molar-refractivity contribution in [2.75, 3.05) is 31.3 Å². The van der Waals surface area contributed by atoms with Gasteiger partial charge in [0, 0.05) is 25.3 Å². The number of hydrazone groups is 1. The molecule has 12 heteroatoms. The van der Waals surface area contributed by atoms with E-state index in [9.17, 15) is 4.79 Å². The van der Waals surface area contributed by atoms with E-state index in [0.717, 1.165) is 11.3 Å². The van der Waals surface area contributed by atoms with Crippen LogP contribution in [0.5, 0.6) is 5.75 Å². The molecule has 3 N–H and O–H groups in total. The first-order valence-electron chi connectivity index (χ1n) is 10.4. The van der Waals surface area contributed by atoms with Crippen LogP contribution in [0.2, 0.25) is 0 Å². The Kier molecular flexibility index (Phi) is 6.48. The van der Waals surface area contributed by atoms with Crippen LogP contribution in [-0.4, -0.2) is 58.1 Å². The number of hydrogen-bond donors (Lipinski definition) is 2. The Morgan fingerprint density at radius 2 is 2.03 bits per heavy atom. The highest BCUT2D eigenvalue weighted by atomic mass is 16.6. The van der Waals surface area contributed by atoms with Crippen LogP contribution in [0.15, 0.2) is 58.3 Å². The van der Waals surface area contributed by atoms with Gasteiger partial charge in [0.05, 0.1) is 12.8 Å². The second kappa shape index (κ2) is 9.81. The third kappa shape index (κ3) is 4.70. The predicted octanol–water partition coefficient (Wildman–Crippen LogP) is 2.13. The van der Waals surface area contributed by atoms with Crippen molar-refractivity contribution in [1.82, 2.24) is 30.7 Å². The van der Waals surface area contributed by atoms with E-state index in [2.05, 4.69) is 31.2 Å². The van der Waals surface area contributed by atoms with Gasteiger partial charge in [-0.1, -0.05) is 29.5 Å². The Morgan fingerprint density at radius 1 is 1.24 bits per heavy atom. The monoisotopic (exact) mass is 461 g/mol. The number of amides is 1. The molecule has 0 spiro atoms. The predicted molar refractivity (Wildman–Crippen MR) is 126 cm³/mol.